The smallest absolute Gasteiger partial charge is 0.387 e. The largest absolute Gasteiger partial charge is 0.490 e. The van der Waals surface area contributed by atoms with E-state index in [1.807, 2.05) is 18.7 Å². The highest BCUT2D eigenvalue weighted by atomic mass is 19.3. The number of hydrogen-bond acceptors (Lipinski definition) is 3. The van der Waals surface area contributed by atoms with E-state index in [1.54, 1.807) is 6.92 Å². The molecule has 1 fully saturated rings. The zero-order valence-corrected chi connectivity index (χ0v) is 13.7. The van der Waals surface area contributed by atoms with Crippen molar-refractivity contribution >= 4 is 5.91 Å². The Bertz CT molecular complexity index is 541. The van der Waals surface area contributed by atoms with E-state index in [2.05, 4.69) is 4.74 Å². The Kier molecular flexibility index (Phi) is 5.80. The molecule has 0 bridgehead atoms. The van der Waals surface area contributed by atoms with Crippen LogP contribution in [0.25, 0.3) is 0 Å². The number of piperidine rings is 1. The third-order valence-corrected chi connectivity index (χ3v) is 4.13. The minimum Gasteiger partial charge on any atom is -0.490 e. The van der Waals surface area contributed by atoms with Gasteiger partial charge in [-0.3, -0.25) is 4.79 Å². The maximum absolute atomic E-state index is 12.8. The van der Waals surface area contributed by atoms with Gasteiger partial charge in [-0.25, -0.2) is 0 Å². The number of halogens is 2. The summed E-state index contributed by atoms with van der Waals surface area (Å²) in [7, 11) is 0. The second-order valence-corrected chi connectivity index (χ2v) is 5.81. The fraction of sp³-hybridized carbons (Fsp3) is 0.588. The van der Waals surface area contributed by atoms with Crippen LogP contribution in [0.15, 0.2) is 18.2 Å². The highest BCUT2D eigenvalue weighted by Crippen LogP contribution is 2.32. The number of rotatable bonds is 5. The number of nitrogens with zero attached hydrogens (tertiary/aromatic N) is 1. The third kappa shape index (κ3) is 4.12. The number of carbonyl (C=O) groups excluding carboxylic acids is 1. The molecule has 2 rings (SSSR count). The average molecular weight is 327 g/mol. The summed E-state index contributed by atoms with van der Waals surface area (Å²) >= 11 is 0. The van der Waals surface area contributed by atoms with Crippen molar-refractivity contribution < 1.29 is 23.0 Å². The molecule has 0 radical (unpaired) electrons. The molecule has 1 aromatic carbocycles. The zero-order valence-electron chi connectivity index (χ0n) is 13.7. The molecule has 1 saturated heterocycles. The first kappa shape index (κ1) is 17.5. The monoisotopic (exact) mass is 327 g/mol. The topological polar surface area (TPSA) is 38.8 Å². The zero-order chi connectivity index (χ0) is 17.0. The summed E-state index contributed by atoms with van der Waals surface area (Å²) in [6, 6.07) is 4.69. The number of hydrogen-bond donors (Lipinski definition) is 0. The Hall–Kier alpha value is -1.85. The molecule has 0 spiro atoms. The van der Waals surface area contributed by atoms with Gasteiger partial charge in [-0.2, -0.15) is 8.78 Å². The molecule has 1 amide bonds. The lowest BCUT2D eigenvalue weighted by Gasteiger charge is -2.39. The van der Waals surface area contributed by atoms with Crippen molar-refractivity contribution in [2.45, 2.75) is 58.7 Å². The van der Waals surface area contributed by atoms with Gasteiger partial charge in [-0.05, 0) is 58.2 Å². The summed E-state index contributed by atoms with van der Waals surface area (Å²) in [6.45, 7) is 3.18. The van der Waals surface area contributed by atoms with Crippen LogP contribution in [0.5, 0.6) is 11.5 Å². The van der Waals surface area contributed by atoms with E-state index in [-0.39, 0.29) is 29.5 Å². The summed E-state index contributed by atoms with van der Waals surface area (Å²) in [5.41, 5.74) is 0.427. The number of carbonyl (C=O) groups is 1. The van der Waals surface area contributed by atoms with Crippen LogP contribution in [0.2, 0.25) is 0 Å². The number of ether oxygens (including phenoxy) is 2. The first-order valence-electron chi connectivity index (χ1n) is 7.98. The first-order valence-corrected chi connectivity index (χ1v) is 7.98. The van der Waals surface area contributed by atoms with Gasteiger partial charge in [0.25, 0.3) is 5.91 Å². The molecule has 0 saturated carbocycles. The van der Waals surface area contributed by atoms with E-state index in [1.165, 1.54) is 18.2 Å². The molecule has 128 valence electrons. The Morgan fingerprint density at radius 2 is 1.91 bits per heavy atom. The van der Waals surface area contributed by atoms with E-state index in [0.29, 0.717) is 12.2 Å². The van der Waals surface area contributed by atoms with Gasteiger partial charge in [0.1, 0.15) is 0 Å². The molecule has 0 N–H and O–H groups in total. The SMILES string of the molecule is CCOc1cc(C(=O)N2[C@H](C)CCC[C@H]2C)ccc1OC(F)F. The second kappa shape index (κ2) is 7.62. The van der Waals surface area contributed by atoms with Crippen LogP contribution in [0, 0.1) is 0 Å². The molecule has 6 heteroatoms. The van der Waals surface area contributed by atoms with Crippen LogP contribution in [0.3, 0.4) is 0 Å². The van der Waals surface area contributed by atoms with Crippen LogP contribution < -0.4 is 9.47 Å². The Balaban J connectivity index is 2.27. The molecule has 1 aromatic rings. The van der Waals surface area contributed by atoms with Gasteiger partial charge in [-0.15, -0.1) is 0 Å². The fourth-order valence-corrected chi connectivity index (χ4v) is 3.07. The summed E-state index contributed by atoms with van der Waals surface area (Å²) in [5, 5.41) is 0. The molecule has 0 aliphatic carbocycles. The van der Waals surface area contributed by atoms with Gasteiger partial charge in [0.15, 0.2) is 11.5 Å². The molecule has 0 unspecified atom stereocenters. The van der Waals surface area contributed by atoms with Crippen molar-refractivity contribution in [3.63, 3.8) is 0 Å². The molecule has 2 atom stereocenters. The first-order chi connectivity index (χ1) is 10.9. The standard InChI is InChI=1S/C17H23F2NO3/c1-4-22-15-10-13(8-9-14(15)23-17(18)19)16(21)20-11(2)6-5-7-12(20)3/h8-12,17H,4-7H2,1-3H3/t11-,12-/m1/s1. The lowest BCUT2D eigenvalue weighted by molar-refractivity contribution is -0.0514. The highest BCUT2D eigenvalue weighted by Gasteiger charge is 2.30. The van der Waals surface area contributed by atoms with Gasteiger partial charge in [-0.1, -0.05) is 0 Å². The minimum absolute atomic E-state index is 0.0573. The van der Waals surface area contributed by atoms with Crippen LogP contribution >= 0.6 is 0 Å². The Morgan fingerprint density at radius 3 is 2.48 bits per heavy atom. The summed E-state index contributed by atoms with van der Waals surface area (Å²) in [4.78, 5) is 14.7. The van der Waals surface area contributed by atoms with Gasteiger partial charge >= 0.3 is 6.61 Å². The van der Waals surface area contributed by atoms with Crippen molar-refractivity contribution in [2.75, 3.05) is 6.61 Å². The summed E-state index contributed by atoms with van der Waals surface area (Å²) in [5.74, 6) is 0.00311. The molecular formula is C17H23F2NO3. The number of amides is 1. The summed E-state index contributed by atoms with van der Waals surface area (Å²) < 4.78 is 34.7. The minimum atomic E-state index is -2.93. The Labute approximate surface area is 135 Å². The van der Waals surface area contributed by atoms with Gasteiger partial charge in [0.2, 0.25) is 0 Å². The van der Waals surface area contributed by atoms with Crippen molar-refractivity contribution in [1.29, 1.82) is 0 Å². The molecule has 0 aromatic heterocycles. The number of likely N-dealkylation sites (tertiary alicyclic amines) is 1. The maximum Gasteiger partial charge on any atom is 0.387 e. The quantitative estimate of drug-likeness (QED) is 0.817. The number of alkyl halides is 2. The summed E-state index contributed by atoms with van der Waals surface area (Å²) in [6.07, 6.45) is 3.05. The second-order valence-electron chi connectivity index (χ2n) is 5.81. The van der Waals surface area contributed by atoms with E-state index in [9.17, 15) is 13.6 Å². The van der Waals surface area contributed by atoms with Crippen LogP contribution in [-0.2, 0) is 0 Å². The predicted octanol–water partition coefficient (Wildman–Crippen LogP) is 4.09. The Morgan fingerprint density at radius 1 is 1.26 bits per heavy atom. The van der Waals surface area contributed by atoms with Crippen LogP contribution in [-0.4, -0.2) is 36.1 Å². The van der Waals surface area contributed by atoms with Crippen molar-refractivity contribution in [2.24, 2.45) is 0 Å². The highest BCUT2D eigenvalue weighted by molar-refractivity contribution is 5.95. The van der Waals surface area contributed by atoms with E-state index < -0.39 is 6.61 Å². The fourth-order valence-electron chi connectivity index (χ4n) is 3.07. The lowest BCUT2D eigenvalue weighted by atomic mass is 9.96. The molecule has 4 nitrogen and oxygen atoms in total. The third-order valence-electron chi connectivity index (χ3n) is 4.13. The van der Waals surface area contributed by atoms with Crippen LogP contribution in [0.1, 0.15) is 50.4 Å². The normalized spacial score (nSPS) is 21.4. The average Bonchev–Trinajstić information content (AvgIpc) is 2.48. The molecule has 1 aliphatic heterocycles. The van der Waals surface area contributed by atoms with E-state index in [0.717, 1.165) is 19.3 Å². The maximum atomic E-state index is 12.8. The van der Waals surface area contributed by atoms with Gasteiger partial charge in [0.05, 0.1) is 6.61 Å². The van der Waals surface area contributed by atoms with E-state index >= 15 is 0 Å². The molecular weight excluding hydrogens is 304 g/mol. The van der Waals surface area contributed by atoms with Crippen molar-refractivity contribution in [3.05, 3.63) is 23.8 Å². The number of benzene rings is 1. The lowest BCUT2D eigenvalue weighted by Crippen LogP contribution is -2.47. The van der Waals surface area contributed by atoms with Gasteiger partial charge in [0, 0.05) is 17.6 Å². The molecule has 23 heavy (non-hydrogen) atoms. The predicted molar refractivity (Wildman–Crippen MR) is 83.2 cm³/mol. The molecule has 1 aliphatic rings. The van der Waals surface area contributed by atoms with Crippen molar-refractivity contribution in [1.82, 2.24) is 4.90 Å². The molecule has 1 heterocycles. The van der Waals surface area contributed by atoms with E-state index in [4.69, 9.17) is 4.74 Å². The van der Waals surface area contributed by atoms with Crippen LogP contribution in [0.4, 0.5) is 8.78 Å². The van der Waals surface area contributed by atoms with Gasteiger partial charge < -0.3 is 14.4 Å². The van der Waals surface area contributed by atoms with Crippen molar-refractivity contribution in [3.8, 4) is 11.5 Å².